The summed E-state index contributed by atoms with van der Waals surface area (Å²) in [6.45, 7) is 9.68. The Labute approximate surface area is 96.5 Å². The van der Waals surface area contributed by atoms with Crippen LogP contribution in [0, 0.1) is 0 Å². The smallest absolute Gasteiger partial charge is 0.226 e. The molecule has 0 spiro atoms. The summed E-state index contributed by atoms with van der Waals surface area (Å²) in [5.41, 5.74) is -0.701. The standard InChI is InChI=1S/C11H21N3O2/c1-5-10-12-9(13-16-10)7-14(6-2)8-11(3,4)15/h15H,5-8H2,1-4H3. The van der Waals surface area contributed by atoms with Gasteiger partial charge in [-0.05, 0) is 20.4 Å². The Morgan fingerprint density at radius 3 is 2.50 bits per heavy atom. The first kappa shape index (κ1) is 13.1. The number of likely N-dealkylation sites (N-methyl/N-ethyl adjacent to an activating group) is 1. The summed E-state index contributed by atoms with van der Waals surface area (Å²) in [5, 5.41) is 13.6. The number of aryl methyl sites for hydroxylation is 1. The zero-order chi connectivity index (χ0) is 12.2. The largest absolute Gasteiger partial charge is 0.389 e. The van der Waals surface area contributed by atoms with Gasteiger partial charge >= 0.3 is 0 Å². The van der Waals surface area contributed by atoms with Crippen molar-refractivity contribution in [3.05, 3.63) is 11.7 Å². The maximum absolute atomic E-state index is 9.74. The van der Waals surface area contributed by atoms with Gasteiger partial charge in [0.05, 0.1) is 12.1 Å². The summed E-state index contributed by atoms with van der Waals surface area (Å²) in [7, 11) is 0. The fourth-order valence-electron chi connectivity index (χ4n) is 1.52. The maximum Gasteiger partial charge on any atom is 0.226 e. The highest BCUT2D eigenvalue weighted by molar-refractivity contribution is 4.86. The van der Waals surface area contributed by atoms with Crippen LogP contribution in [0.2, 0.25) is 0 Å². The summed E-state index contributed by atoms with van der Waals surface area (Å²) >= 11 is 0. The molecule has 5 heteroatoms. The Bertz CT molecular complexity index is 317. The zero-order valence-electron chi connectivity index (χ0n) is 10.5. The lowest BCUT2D eigenvalue weighted by Gasteiger charge is -2.26. The van der Waals surface area contributed by atoms with Gasteiger partial charge in [-0.3, -0.25) is 4.90 Å². The van der Waals surface area contributed by atoms with Gasteiger partial charge in [-0.15, -0.1) is 0 Å². The van der Waals surface area contributed by atoms with E-state index in [0.717, 1.165) is 13.0 Å². The van der Waals surface area contributed by atoms with Crippen molar-refractivity contribution in [2.24, 2.45) is 0 Å². The number of hydrogen-bond acceptors (Lipinski definition) is 5. The molecule has 0 fully saturated rings. The van der Waals surface area contributed by atoms with E-state index < -0.39 is 5.60 Å². The van der Waals surface area contributed by atoms with Crippen LogP contribution < -0.4 is 0 Å². The summed E-state index contributed by atoms with van der Waals surface area (Å²) in [5.74, 6) is 1.34. The van der Waals surface area contributed by atoms with E-state index in [9.17, 15) is 5.11 Å². The average Bonchev–Trinajstić information content (AvgIpc) is 2.62. The molecule has 0 saturated carbocycles. The molecule has 0 atom stereocenters. The second-order valence-electron chi connectivity index (χ2n) is 4.57. The maximum atomic E-state index is 9.74. The molecular weight excluding hydrogens is 206 g/mol. The molecule has 92 valence electrons. The van der Waals surface area contributed by atoms with Crippen LogP contribution in [0.25, 0.3) is 0 Å². The minimum atomic E-state index is -0.701. The molecule has 0 bridgehead atoms. The Hall–Kier alpha value is -0.940. The molecule has 1 rings (SSSR count). The third-order valence-corrected chi connectivity index (χ3v) is 2.24. The second-order valence-corrected chi connectivity index (χ2v) is 4.57. The van der Waals surface area contributed by atoms with Gasteiger partial charge in [0, 0.05) is 13.0 Å². The van der Waals surface area contributed by atoms with Crippen molar-refractivity contribution in [2.45, 2.75) is 46.3 Å². The first-order valence-corrected chi connectivity index (χ1v) is 5.70. The third kappa shape index (κ3) is 4.28. The number of nitrogens with zero attached hydrogens (tertiary/aromatic N) is 3. The van der Waals surface area contributed by atoms with Gasteiger partial charge in [0.1, 0.15) is 0 Å². The van der Waals surface area contributed by atoms with E-state index in [1.165, 1.54) is 0 Å². The Balaban J connectivity index is 2.56. The fraction of sp³-hybridized carbons (Fsp3) is 0.818. The molecule has 1 N–H and O–H groups in total. The third-order valence-electron chi connectivity index (χ3n) is 2.24. The molecule has 5 nitrogen and oxygen atoms in total. The lowest BCUT2D eigenvalue weighted by atomic mass is 10.1. The molecule has 1 aromatic rings. The second kappa shape index (κ2) is 5.41. The van der Waals surface area contributed by atoms with Crippen LogP contribution >= 0.6 is 0 Å². The lowest BCUT2D eigenvalue weighted by Crippen LogP contribution is -2.38. The van der Waals surface area contributed by atoms with Crippen LogP contribution in [0.3, 0.4) is 0 Å². The van der Waals surface area contributed by atoms with Crippen LogP contribution in [-0.4, -0.2) is 38.8 Å². The zero-order valence-corrected chi connectivity index (χ0v) is 10.5. The van der Waals surface area contributed by atoms with E-state index in [1.54, 1.807) is 13.8 Å². The molecule has 1 aromatic heterocycles. The quantitative estimate of drug-likeness (QED) is 0.791. The number of aliphatic hydroxyl groups is 1. The predicted octanol–water partition coefficient (Wildman–Crippen LogP) is 1.22. The molecule has 0 aliphatic rings. The molecular formula is C11H21N3O2. The summed E-state index contributed by atoms with van der Waals surface area (Å²) in [6.07, 6.45) is 0.755. The van der Waals surface area contributed by atoms with Crippen molar-refractivity contribution < 1.29 is 9.63 Å². The molecule has 1 heterocycles. The van der Waals surface area contributed by atoms with E-state index in [-0.39, 0.29) is 0 Å². The van der Waals surface area contributed by atoms with Crippen molar-refractivity contribution in [3.63, 3.8) is 0 Å². The van der Waals surface area contributed by atoms with Gasteiger partial charge in [-0.2, -0.15) is 4.98 Å². The van der Waals surface area contributed by atoms with Crippen molar-refractivity contribution >= 4 is 0 Å². The summed E-state index contributed by atoms with van der Waals surface area (Å²) < 4.78 is 5.04. The van der Waals surface area contributed by atoms with Gasteiger partial charge in [0.25, 0.3) is 0 Å². The van der Waals surface area contributed by atoms with Crippen molar-refractivity contribution in [2.75, 3.05) is 13.1 Å². The van der Waals surface area contributed by atoms with Crippen LogP contribution in [0.4, 0.5) is 0 Å². The highest BCUT2D eigenvalue weighted by Crippen LogP contribution is 2.08. The van der Waals surface area contributed by atoms with E-state index >= 15 is 0 Å². The topological polar surface area (TPSA) is 62.4 Å². The lowest BCUT2D eigenvalue weighted by molar-refractivity contribution is 0.0343. The van der Waals surface area contributed by atoms with Crippen LogP contribution in [-0.2, 0) is 13.0 Å². The van der Waals surface area contributed by atoms with Gasteiger partial charge < -0.3 is 9.63 Å². The average molecular weight is 227 g/mol. The van der Waals surface area contributed by atoms with Gasteiger partial charge in [0.15, 0.2) is 5.82 Å². The monoisotopic (exact) mass is 227 g/mol. The SMILES string of the molecule is CCc1nc(CN(CC)CC(C)(C)O)no1. The van der Waals surface area contributed by atoms with E-state index in [2.05, 4.69) is 15.0 Å². The van der Waals surface area contributed by atoms with Crippen LogP contribution in [0.5, 0.6) is 0 Å². The molecule has 0 aromatic carbocycles. The minimum Gasteiger partial charge on any atom is -0.389 e. The fourth-order valence-corrected chi connectivity index (χ4v) is 1.52. The number of aromatic nitrogens is 2. The van der Waals surface area contributed by atoms with Crippen LogP contribution in [0.15, 0.2) is 4.52 Å². The van der Waals surface area contributed by atoms with Gasteiger partial charge in [0.2, 0.25) is 5.89 Å². The van der Waals surface area contributed by atoms with Crippen molar-refractivity contribution in [1.29, 1.82) is 0 Å². The van der Waals surface area contributed by atoms with Gasteiger partial charge in [-0.1, -0.05) is 19.0 Å². The summed E-state index contributed by atoms with van der Waals surface area (Å²) in [6, 6.07) is 0. The molecule has 0 radical (unpaired) electrons. The highest BCUT2D eigenvalue weighted by atomic mass is 16.5. The number of rotatable bonds is 6. The Morgan fingerprint density at radius 1 is 1.38 bits per heavy atom. The van der Waals surface area contributed by atoms with Gasteiger partial charge in [-0.25, -0.2) is 0 Å². The molecule has 0 amide bonds. The number of hydrogen-bond donors (Lipinski definition) is 1. The molecule has 0 unspecified atom stereocenters. The van der Waals surface area contributed by atoms with Crippen LogP contribution in [0.1, 0.15) is 39.4 Å². The highest BCUT2D eigenvalue weighted by Gasteiger charge is 2.18. The molecule has 0 saturated heterocycles. The van der Waals surface area contributed by atoms with E-state index in [0.29, 0.717) is 24.8 Å². The summed E-state index contributed by atoms with van der Waals surface area (Å²) in [4.78, 5) is 6.33. The normalized spacial score (nSPS) is 12.4. The Morgan fingerprint density at radius 2 is 2.06 bits per heavy atom. The molecule has 0 aliphatic heterocycles. The minimum absolute atomic E-state index is 0.597. The van der Waals surface area contributed by atoms with E-state index in [4.69, 9.17) is 4.52 Å². The first-order chi connectivity index (χ1) is 7.44. The molecule has 0 aliphatic carbocycles. The van der Waals surface area contributed by atoms with Crippen molar-refractivity contribution in [1.82, 2.24) is 15.0 Å². The van der Waals surface area contributed by atoms with Crippen molar-refractivity contribution in [3.8, 4) is 0 Å². The molecule has 16 heavy (non-hydrogen) atoms. The van der Waals surface area contributed by atoms with E-state index in [1.807, 2.05) is 13.8 Å². The Kier molecular flexibility index (Phi) is 4.44. The predicted molar refractivity (Wildman–Crippen MR) is 60.9 cm³/mol. The first-order valence-electron chi connectivity index (χ1n) is 5.70.